The number of halogens is 2. The number of piperidine rings is 1. The fourth-order valence-corrected chi connectivity index (χ4v) is 4.13. The van der Waals surface area contributed by atoms with E-state index in [1.54, 1.807) is 19.1 Å². The molecule has 2 heterocycles. The average molecular weight is 533 g/mol. The molecule has 4 N–H and O–H groups in total. The fraction of sp³-hybridized carbons (Fsp3) is 0.360. The number of carbonyl (C=O) groups excluding carboxylic acids is 2. The third kappa shape index (κ3) is 6.95. The number of likely N-dealkylation sites (N-methyl/N-ethyl adjacent to an activating group) is 1. The van der Waals surface area contributed by atoms with Gasteiger partial charge in [-0.25, -0.2) is 14.4 Å². The minimum absolute atomic E-state index is 0.0418. The van der Waals surface area contributed by atoms with Gasteiger partial charge in [0.2, 0.25) is 11.8 Å². The number of nitrogens with zero attached hydrogens (tertiary/aromatic N) is 3. The lowest BCUT2D eigenvalue weighted by molar-refractivity contribution is -0.130. The van der Waals surface area contributed by atoms with Crippen LogP contribution in [-0.2, 0) is 9.59 Å². The first-order valence-electron chi connectivity index (χ1n) is 11.5. The molecule has 1 aromatic heterocycles. The van der Waals surface area contributed by atoms with Crippen molar-refractivity contribution in [2.24, 2.45) is 11.7 Å². The molecule has 198 valence electrons. The summed E-state index contributed by atoms with van der Waals surface area (Å²) >= 11 is 5.94. The number of anilines is 1. The van der Waals surface area contributed by atoms with Gasteiger partial charge in [0.1, 0.15) is 18.2 Å². The summed E-state index contributed by atoms with van der Waals surface area (Å²) in [5.74, 6) is -0.803. The van der Waals surface area contributed by atoms with Gasteiger partial charge in [-0.2, -0.15) is 0 Å². The first-order valence-corrected chi connectivity index (χ1v) is 11.9. The second kappa shape index (κ2) is 12.5. The van der Waals surface area contributed by atoms with E-state index in [1.807, 2.05) is 11.9 Å². The van der Waals surface area contributed by atoms with Crippen molar-refractivity contribution in [3.05, 3.63) is 53.7 Å². The van der Waals surface area contributed by atoms with E-state index >= 15 is 0 Å². The Hall–Kier alpha value is -3.70. The zero-order chi connectivity index (χ0) is 27.1. The van der Waals surface area contributed by atoms with E-state index in [-0.39, 0.29) is 29.3 Å². The number of fused-ring (bicyclic) bond motifs is 1. The monoisotopic (exact) mass is 532 g/mol. The summed E-state index contributed by atoms with van der Waals surface area (Å²) in [5.41, 5.74) is 5.71. The van der Waals surface area contributed by atoms with Crippen LogP contribution in [0.2, 0.25) is 0 Å². The lowest BCUT2D eigenvalue weighted by Crippen LogP contribution is -2.49. The molecule has 1 aromatic carbocycles. The fourth-order valence-electron chi connectivity index (χ4n) is 4.03. The molecule has 3 rings (SSSR count). The lowest BCUT2D eigenvalue weighted by atomic mass is 9.95. The Labute approximate surface area is 219 Å². The number of allylic oxidation sites excluding steroid dienone is 4. The molecule has 1 aliphatic rings. The van der Waals surface area contributed by atoms with Gasteiger partial charge in [0.25, 0.3) is 0 Å². The smallest absolute Gasteiger partial charge is 0.236 e. The van der Waals surface area contributed by atoms with Crippen LogP contribution in [0.4, 0.5) is 10.2 Å². The molecule has 37 heavy (non-hydrogen) atoms. The van der Waals surface area contributed by atoms with Crippen LogP contribution in [0.3, 0.4) is 0 Å². The van der Waals surface area contributed by atoms with Gasteiger partial charge in [-0.3, -0.25) is 9.59 Å². The zero-order valence-electron chi connectivity index (χ0n) is 20.9. The van der Waals surface area contributed by atoms with Crippen molar-refractivity contribution in [1.29, 1.82) is 0 Å². The molecule has 0 radical (unpaired) electrons. The van der Waals surface area contributed by atoms with E-state index in [0.717, 1.165) is 0 Å². The first-order chi connectivity index (χ1) is 17.7. The summed E-state index contributed by atoms with van der Waals surface area (Å²) in [7, 11) is 3.39. The van der Waals surface area contributed by atoms with Gasteiger partial charge in [0, 0.05) is 24.5 Å². The zero-order valence-corrected chi connectivity index (χ0v) is 21.6. The molecule has 1 unspecified atom stereocenters. The first kappa shape index (κ1) is 27.9. The van der Waals surface area contributed by atoms with E-state index in [0.29, 0.717) is 47.7 Å². The van der Waals surface area contributed by atoms with Crippen LogP contribution < -0.4 is 25.8 Å². The number of nitrogens with two attached hydrogens (primary N) is 1. The van der Waals surface area contributed by atoms with Crippen molar-refractivity contribution in [1.82, 2.24) is 20.2 Å². The third-order valence-corrected chi connectivity index (χ3v) is 6.16. The number of ether oxygens (including phenoxy) is 2. The number of rotatable bonds is 10. The standard InChI is InChI=1S/C25H30ClFN6O4/c1-5-17(26)23(27)18(6-2)32-24-16-8-21(20(36-4)9-19(16)30-13-31-24)37-15-7-14(11-33(3)12-15)25(35)29-10-22(28)34/h5-6,8-9,13-15H,2,7,10-12H2,1,3-4H3,(H2,28,34)(H,29,35)(H,30,31,32)/b17-5+,23-18-/t14-,15?/m0/s1. The van der Waals surface area contributed by atoms with E-state index in [4.69, 9.17) is 26.8 Å². The van der Waals surface area contributed by atoms with Gasteiger partial charge in [-0.05, 0) is 32.5 Å². The number of methoxy groups -OCH3 is 1. The second-order valence-corrected chi connectivity index (χ2v) is 8.92. The highest BCUT2D eigenvalue weighted by Gasteiger charge is 2.32. The summed E-state index contributed by atoms with van der Waals surface area (Å²) in [4.78, 5) is 34.1. The number of carbonyl (C=O) groups is 2. The highest BCUT2D eigenvalue weighted by atomic mass is 35.5. The van der Waals surface area contributed by atoms with Crippen LogP contribution >= 0.6 is 11.6 Å². The summed E-state index contributed by atoms with van der Waals surface area (Å²) < 4.78 is 26.5. The van der Waals surface area contributed by atoms with Gasteiger partial charge in [-0.15, -0.1) is 0 Å². The lowest BCUT2D eigenvalue weighted by Gasteiger charge is -2.35. The number of amides is 2. The Balaban J connectivity index is 1.92. The molecular formula is C25H30ClFN6O4. The molecule has 2 aromatic rings. The minimum atomic E-state index is -0.679. The Morgan fingerprint density at radius 2 is 2.08 bits per heavy atom. The quantitative estimate of drug-likeness (QED) is 0.398. The molecule has 1 fully saturated rings. The summed E-state index contributed by atoms with van der Waals surface area (Å²) in [5, 5.41) is 5.95. The molecule has 1 saturated heterocycles. The van der Waals surface area contributed by atoms with Gasteiger partial charge >= 0.3 is 0 Å². The maximum absolute atomic E-state index is 14.7. The second-order valence-electron chi connectivity index (χ2n) is 8.51. The van der Waals surface area contributed by atoms with E-state index < -0.39 is 17.7 Å². The molecule has 10 nitrogen and oxygen atoms in total. The number of hydrogen-bond donors (Lipinski definition) is 3. The summed E-state index contributed by atoms with van der Waals surface area (Å²) in [6.45, 7) is 6.12. The molecule has 0 aliphatic carbocycles. The number of benzene rings is 1. The van der Waals surface area contributed by atoms with Crippen LogP contribution in [-0.4, -0.2) is 66.6 Å². The largest absolute Gasteiger partial charge is 0.493 e. The molecule has 0 bridgehead atoms. The predicted octanol–water partition coefficient (Wildman–Crippen LogP) is 2.86. The van der Waals surface area contributed by atoms with Crippen LogP contribution in [0.1, 0.15) is 13.3 Å². The van der Waals surface area contributed by atoms with Gasteiger partial charge in [0.05, 0.1) is 35.8 Å². The van der Waals surface area contributed by atoms with E-state index in [2.05, 4.69) is 27.2 Å². The van der Waals surface area contributed by atoms with Crippen molar-refractivity contribution in [2.75, 3.05) is 39.1 Å². The van der Waals surface area contributed by atoms with Crippen molar-refractivity contribution >= 4 is 40.1 Å². The highest BCUT2D eigenvalue weighted by molar-refractivity contribution is 6.31. The Morgan fingerprint density at radius 3 is 2.73 bits per heavy atom. The van der Waals surface area contributed by atoms with E-state index in [9.17, 15) is 14.0 Å². The van der Waals surface area contributed by atoms with Crippen LogP contribution in [0.15, 0.2) is 53.7 Å². The maximum Gasteiger partial charge on any atom is 0.236 e. The van der Waals surface area contributed by atoms with Crippen molar-refractivity contribution < 1.29 is 23.5 Å². The SMILES string of the molecule is C=C/C(Nc1ncnc2cc(OC)c(OC3C[C@H](C(=O)NCC(N)=O)CN(C)C3)cc12)=C(F)\C(Cl)=C/C. The number of hydrogen-bond acceptors (Lipinski definition) is 8. The molecule has 2 atom stereocenters. The summed E-state index contributed by atoms with van der Waals surface area (Å²) in [6, 6.07) is 3.39. The average Bonchev–Trinajstić information content (AvgIpc) is 2.88. The molecule has 1 aliphatic heterocycles. The molecular weight excluding hydrogens is 503 g/mol. The van der Waals surface area contributed by atoms with Gasteiger partial charge < -0.3 is 30.7 Å². The number of aromatic nitrogens is 2. The number of likely N-dealkylation sites (tertiary alicyclic amines) is 1. The highest BCUT2D eigenvalue weighted by Crippen LogP contribution is 2.36. The Morgan fingerprint density at radius 1 is 1.32 bits per heavy atom. The summed E-state index contributed by atoms with van der Waals surface area (Å²) in [6.07, 6.45) is 4.14. The maximum atomic E-state index is 14.7. The molecule has 12 heteroatoms. The van der Waals surface area contributed by atoms with Gasteiger partial charge in [0.15, 0.2) is 17.3 Å². The van der Waals surface area contributed by atoms with Crippen LogP contribution in [0.5, 0.6) is 11.5 Å². The van der Waals surface area contributed by atoms with Crippen LogP contribution in [0, 0.1) is 5.92 Å². The number of primary amides is 1. The predicted molar refractivity (Wildman–Crippen MR) is 140 cm³/mol. The molecule has 2 amide bonds. The molecule has 0 saturated carbocycles. The van der Waals surface area contributed by atoms with Crippen molar-refractivity contribution in [3.8, 4) is 11.5 Å². The molecule has 0 spiro atoms. The Kier molecular flexibility index (Phi) is 9.42. The van der Waals surface area contributed by atoms with E-state index in [1.165, 1.54) is 25.6 Å². The van der Waals surface area contributed by atoms with Crippen LogP contribution in [0.25, 0.3) is 10.9 Å². The Bertz CT molecular complexity index is 1250. The topological polar surface area (TPSA) is 132 Å². The van der Waals surface area contributed by atoms with Crippen molar-refractivity contribution in [2.45, 2.75) is 19.4 Å². The third-order valence-electron chi connectivity index (χ3n) is 5.77. The number of nitrogens with one attached hydrogen (secondary N) is 2. The van der Waals surface area contributed by atoms with Gasteiger partial charge in [-0.1, -0.05) is 24.3 Å². The normalized spacial score (nSPS) is 19.1. The van der Waals surface area contributed by atoms with Crippen molar-refractivity contribution in [3.63, 3.8) is 0 Å². The minimum Gasteiger partial charge on any atom is -0.493 e.